The van der Waals surface area contributed by atoms with Crippen LogP contribution in [0.5, 0.6) is 5.75 Å². The predicted octanol–water partition coefficient (Wildman–Crippen LogP) is 3.90. The molecule has 1 fully saturated rings. The molecule has 3 aromatic rings. The number of nitrogens with zero attached hydrogens (tertiary/aromatic N) is 3. The van der Waals surface area contributed by atoms with E-state index < -0.39 is 9.73 Å². The van der Waals surface area contributed by atoms with Gasteiger partial charge in [-0.15, -0.1) is 0 Å². The minimum absolute atomic E-state index is 0.0199. The molecule has 0 bridgehead atoms. The Hall–Kier alpha value is -2.58. The molecule has 8 heteroatoms. The molecule has 1 heterocycles. The average molecular weight is 429 g/mol. The summed E-state index contributed by atoms with van der Waals surface area (Å²) >= 11 is 0. The normalized spacial score (nSPS) is 18.8. The van der Waals surface area contributed by atoms with Crippen molar-refractivity contribution in [3.63, 3.8) is 0 Å². The fraction of sp³-hybridized carbons (Fsp3) is 0.364. The van der Waals surface area contributed by atoms with Gasteiger partial charge in [0.2, 0.25) is 0 Å². The Morgan fingerprint density at radius 1 is 1.23 bits per heavy atom. The van der Waals surface area contributed by atoms with Crippen LogP contribution in [0.4, 0.5) is 10.1 Å². The Bertz CT molecular complexity index is 1220. The van der Waals surface area contributed by atoms with E-state index in [0.717, 1.165) is 40.6 Å². The van der Waals surface area contributed by atoms with Gasteiger partial charge in [0.05, 0.1) is 16.9 Å². The van der Waals surface area contributed by atoms with E-state index in [9.17, 15) is 8.60 Å². The van der Waals surface area contributed by atoms with Crippen LogP contribution in [0.15, 0.2) is 41.0 Å². The lowest BCUT2D eigenvalue weighted by atomic mass is 9.90. The molecule has 2 N–H and O–H groups in total. The second-order valence-electron chi connectivity index (χ2n) is 8.15. The third kappa shape index (κ3) is 4.60. The van der Waals surface area contributed by atoms with Crippen molar-refractivity contribution in [3.05, 3.63) is 59.3 Å². The highest BCUT2D eigenvalue weighted by atomic mass is 32.2. The van der Waals surface area contributed by atoms with Crippen molar-refractivity contribution in [1.82, 2.24) is 9.97 Å². The quantitative estimate of drug-likeness (QED) is 0.666. The number of aromatic nitrogens is 2. The van der Waals surface area contributed by atoms with Crippen LogP contribution in [0.1, 0.15) is 29.7 Å². The molecule has 1 saturated carbocycles. The number of rotatable bonds is 5. The number of hydrogen-bond acceptors (Lipinski definition) is 6. The van der Waals surface area contributed by atoms with Crippen LogP contribution in [0, 0.1) is 12.7 Å². The first-order valence-electron chi connectivity index (χ1n) is 9.80. The Morgan fingerprint density at radius 3 is 2.70 bits per heavy atom. The molecule has 158 valence electrons. The lowest BCUT2D eigenvalue weighted by molar-refractivity contribution is 0.0995. The molecule has 0 unspecified atom stereocenters. The van der Waals surface area contributed by atoms with E-state index >= 15 is 0 Å². The Labute approximate surface area is 175 Å². The Morgan fingerprint density at radius 2 is 2.00 bits per heavy atom. The van der Waals surface area contributed by atoms with Crippen molar-refractivity contribution in [3.8, 4) is 5.75 Å². The standard InChI is InChI=1S/C22H25FN4O2S/c1-13-6-17(27-30(2,3)28)11-20-22(13)19(25-12-26-20)7-14-4-5-15(23)8-21(14)29-18-9-16(24)10-18/h4-6,8,11-12,16,18H,7,9-10,24H2,1-3H3. The molecular formula is C22H25FN4O2S. The number of fused-ring (bicyclic) bond motifs is 1. The summed E-state index contributed by atoms with van der Waals surface area (Å²) in [7, 11) is -2.27. The molecule has 0 aliphatic heterocycles. The highest BCUT2D eigenvalue weighted by molar-refractivity contribution is 7.92. The van der Waals surface area contributed by atoms with Crippen LogP contribution in [0.2, 0.25) is 0 Å². The zero-order valence-electron chi connectivity index (χ0n) is 17.3. The molecule has 1 aliphatic carbocycles. The topological polar surface area (TPSA) is 90.5 Å². The zero-order valence-corrected chi connectivity index (χ0v) is 18.1. The number of benzene rings is 2. The van der Waals surface area contributed by atoms with Crippen molar-refractivity contribution in [2.45, 2.75) is 38.3 Å². The van der Waals surface area contributed by atoms with Crippen molar-refractivity contribution in [1.29, 1.82) is 0 Å². The lowest BCUT2D eigenvalue weighted by Crippen LogP contribution is -2.43. The molecule has 2 aromatic carbocycles. The van der Waals surface area contributed by atoms with Crippen LogP contribution in [0.3, 0.4) is 0 Å². The maximum atomic E-state index is 13.9. The molecular weight excluding hydrogens is 403 g/mol. The van der Waals surface area contributed by atoms with Crippen LogP contribution in [-0.2, 0) is 16.1 Å². The van der Waals surface area contributed by atoms with Crippen LogP contribution >= 0.6 is 0 Å². The Balaban J connectivity index is 1.72. The van der Waals surface area contributed by atoms with E-state index in [4.69, 9.17) is 10.5 Å². The van der Waals surface area contributed by atoms with Gasteiger partial charge in [-0.1, -0.05) is 6.07 Å². The molecule has 0 spiro atoms. The highest BCUT2D eigenvalue weighted by Gasteiger charge is 2.28. The van der Waals surface area contributed by atoms with E-state index in [1.54, 1.807) is 18.6 Å². The molecule has 0 atom stereocenters. The first-order chi connectivity index (χ1) is 14.2. The minimum Gasteiger partial charge on any atom is -0.490 e. The summed E-state index contributed by atoms with van der Waals surface area (Å²) in [5, 5.41) is 0.913. The Kier molecular flexibility index (Phi) is 5.46. The number of ether oxygens (including phenoxy) is 1. The number of nitrogens with two attached hydrogens (primary N) is 1. The fourth-order valence-electron chi connectivity index (χ4n) is 3.74. The third-order valence-corrected chi connectivity index (χ3v) is 5.79. The fourth-order valence-corrected chi connectivity index (χ4v) is 4.35. The molecule has 0 saturated heterocycles. The highest BCUT2D eigenvalue weighted by Crippen LogP contribution is 2.32. The van der Waals surface area contributed by atoms with Gasteiger partial charge in [-0.25, -0.2) is 18.6 Å². The maximum Gasteiger partial charge on any atom is 0.126 e. The lowest BCUT2D eigenvalue weighted by Gasteiger charge is -2.33. The summed E-state index contributed by atoms with van der Waals surface area (Å²) in [6, 6.07) is 8.45. The molecule has 0 radical (unpaired) electrons. The zero-order chi connectivity index (χ0) is 21.5. The number of halogens is 1. The molecule has 4 rings (SSSR count). The van der Waals surface area contributed by atoms with E-state index in [-0.39, 0.29) is 18.0 Å². The van der Waals surface area contributed by atoms with Gasteiger partial charge in [-0.3, -0.25) is 0 Å². The summed E-state index contributed by atoms with van der Waals surface area (Å²) in [5.41, 5.74) is 9.83. The van der Waals surface area contributed by atoms with Crippen molar-refractivity contribution < 1.29 is 13.3 Å². The summed E-state index contributed by atoms with van der Waals surface area (Å²) in [5.74, 6) is 0.190. The number of aryl methyl sites for hydroxylation is 1. The minimum atomic E-state index is -2.27. The summed E-state index contributed by atoms with van der Waals surface area (Å²) in [4.78, 5) is 8.87. The summed E-state index contributed by atoms with van der Waals surface area (Å²) in [6.07, 6.45) is 6.75. The molecule has 0 amide bonds. The first-order valence-corrected chi connectivity index (χ1v) is 12.1. The second kappa shape index (κ2) is 7.92. The first kappa shape index (κ1) is 20.7. The van der Waals surface area contributed by atoms with Crippen LogP contribution in [-0.4, -0.2) is 38.8 Å². The molecule has 30 heavy (non-hydrogen) atoms. The maximum absolute atomic E-state index is 13.9. The predicted molar refractivity (Wildman–Crippen MR) is 117 cm³/mol. The van der Waals surface area contributed by atoms with E-state index in [1.807, 2.05) is 19.1 Å². The smallest absolute Gasteiger partial charge is 0.126 e. The SMILES string of the molecule is Cc1cc(N=S(C)(C)=O)cc2ncnc(Cc3ccc(F)cc3OC3CC(N)C3)c12. The van der Waals surface area contributed by atoms with Crippen LogP contribution in [0.25, 0.3) is 10.9 Å². The monoisotopic (exact) mass is 428 g/mol. The van der Waals surface area contributed by atoms with Crippen molar-refractivity contribution in [2.75, 3.05) is 12.5 Å². The van der Waals surface area contributed by atoms with Crippen molar-refractivity contribution in [2.24, 2.45) is 10.1 Å². The summed E-state index contributed by atoms with van der Waals surface area (Å²) in [6.45, 7) is 1.96. The summed E-state index contributed by atoms with van der Waals surface area (Å²) < 4.78 is 36.2. The average Bonchev–Trinajstić information content (AvgIpc) is 2.61. The second-order valence-corrected chi connectivity index (χ2v) is 10.7. The van der Waals surface area contributed by atoms with E-state index in [0.29, 0.717) is 17.9 Å². The third-order valence-electron chi connectivity index (χ3n) is 5.14. The van der Waals surface area contributed by atoms with E-state index in [2.05, 4.69) is 14.3 Å². The van der Waals surface area contributed by atoms with Gasteiger partial charge >= 0.3 is 0 Å². The molecule has 1 aliphatic rings. The van der Waals surface area contributed by atoms with Crippen LogP contribution < -0.4 is 10.5 Å². The van der Waals surface area contributed by atoms with Gasteiger partial charge in [0, 0.05) is 51.7 Å². The largest absolute Gasteiger partial charge is 0.490 e. The number of hydrogen-bond donors (Lipinski definition) is 1. The van der Waals surface area contributed by atoms with E-state index in [1.165, 1.54) is 18.5 Å². The molecule has 1 aromatic heterocycles. The van der Waals surface area contributed by atoms with Gasteiger partial charge in [0.1, 0.15) is 24.0 Å². The van der Waals surface area contributed by atoms with Crippen molar-refractivity contribution >= 4 is 26.3 Å². The molecule has 6 nitrogen and oxygen atoms in total. The van der Waals surface area contributed by atoms with Gasteiger partial charge in [0.15, 0.2) is 0 Å². The van der Waals surface area contributed by atoms with Gasteiger partial charge in [-0.2, -0.15) is 4.36 Å². The van der Waals surface area contributed by atoms with Gasteiger partial charge in [0.25, 0.3) is 0 Å². The van der Waals surface area contributed by atoms with Gasteiger partial charge < -0.3 is 10.5 Å². The van der Waals surface area contributed by atoms with Gasteiger partial charge in [-0.05, 0) is 43.5 Å².